The molecule has 17 heavy (non-hydrogen) atoms. The average Bonchev–Trinajstić information content (AvgIpc) is 2.28. The van der Waals surface area contributed by atoms with Crippen LogP contribution in [-0.4, -0.2) is 5.11 Å². The molecule has 2 nitrogen and oxygen atoms in total. The van der Waals surface area contributed by atoms with E-state index < -0.39 is 0 Å². The number of ether oxygens (including phenoxy) is 1. The van der Waals surface area contributed by atoms with E-state index >= 15 is 0 Å². The molecule has 0 aliphatic carbocycles. The highest BCUT2D eigenvalue weighted by molar-refractivity contribution is 6.32. The van der Waals surface area contributed by atoms with Gasteiger partial charge in [-0.3, -0.25) is 0 Å². The van der Waals surface area contributed by atoms with Crippen LogP contribution in [0.3, 0.4) is 0 Å². The third kappa shape index (κ3) is 3.11. The van der Waals surface area contributed by atoms with Gasteiger partial charge in [0.1, 0.15) is 23.9 Å². The van der Waals surface area contributed by atoms with Gasteiger partial charge in [0.25, 0.3) is 0 Å². The topological polar surface area (TPSA) is 29.5 Å². The summed E-state index contributed by atoms with van der Waals surface area (Å²) in [5, 5.41) is 9.49. The van der Waals surface area contributed by atoms with Crippen LogP contribution in [0.1, 0.15) is 5.56 Å². The molecule has 0 spiro atoms. The molecular formula is C13H10ClFO2. The predicted octanol–water partition coefficient (Wildman–Crippen LogP) is 3.76. The zero-order chi connectivity index (χ0) is 12.3. The standard InChI is InChI=1S/C13H10ClFO2/c14-12-7-11(16)4-5-13(12)17-8-9-2-1-3-10(15)6-9/h1-7,16H,8H2. The first-order chi connectivity index (χ1) is 8.15. The van der Waals surface area contributed by atoms with E-state index in [0.29, 0.717) is 16.3 Å². The summed E-state index contributed by atoms with van der Waals surface area (Å²) in [5.74, 6) is 0.227. The van der Waals surface area contributed by atoms with Gasteiger partial charge in [0.05, 0.1) is 5.02 Å². The summed E-state index contributed by atoms with van der Waals surface area (Å²) in [6.45, 7) is 0.224. The van der Waals surface area contributed by atoms with Crippen LogP contribution < -0.4 is 4.74 Å². The number of phenolic OH excluding ortho intramolecular Hbond substituents is 1. The van der Waals surface area contributed by atoms with Crippen LogP contribution in [0.25, 0.3) is 0 Å². The van der Waals surface area contributed by atoms with Crippen molar-refractivity contribution >= 4 is 11.6 Å². The summed E-state index contributed by atoms with van der Waals surface area (Å²) in [5.41, 5.74) is 0.717. The van der Waals surface area contributed by atoms with Gasteiger partial charge in [0.2, 0.25) is 0 Å². The van der Waals surface area contributed by atoms with E-state index in [1.165, 1.54) is 24.3 Å². The van der Waals surface area contributed by atoms with Crippen LogP contribution in [0.2, 0.25) is 5.02 Å². The van der Waals surface area contributed by atoms with Gasteiger partial charge in [-0.05, 0) is 29.8 Å². The molecule has 2 rings (SSSR count). The zero-order valence-electron chi connectivity index (χ0n) is 8.86. The van der Waals surface area contributed by atoms with E-state index in [4.69, 9.17) is 21.4 Å². The number of benzene rings is 2. The van der Waals surface area contributed by atoms with Crippen molar-refractivity contribution in [2.45, 2.75) is 6.61 Å². The molecule has 2 aromatic carbocycles. The first-order valence-corrected chi connectivity index (χ1v) is 5.39. The molecule has 0 aromatic heterocycles. The van der Waals surface area contributed by atoms with Crippen molar-refractivity contribution in [1.82, 2.24) is 0 Å². The molecule has 0 aliphatic rings. The van der Waals surface area contributed by atoms with Crippen molar-refractivity contribution in [2.75, 3.05) is 0 Å². The molecule has 0 saturated carbocycles. The second-order valence-corrected chi connectivity index (χ2v) is 3.94. The lowest BCUT2D eigenvalue weighted by atomic mass is 10.2. The van der Waals surface area contributed by atoms with E-state index in [0.717, 1.165) is 0 Å². The molecule has 2 aromatic rings. The SMILES string of the molecule is Oc1ccc(OCc2cccc(F)c2)c(Cl)c1. The zero-order valence-corrected chi connectivity index (χ0v) is 9.62. The Bertz CT molecular complexity index is 529. The van der Waals surface area contributed by atoms with Gasteiger partial charge in [0.15, 0.2) is 0 Å². The van der Waals surface area contributed by atoms with E-state index in [-0.39, 0.29) is 18.2 Å². The first-order valence-electron chi connectivity index (χ1n) is 5.01. The normalized spacial score (nSPS) is 10.2. The Hall–Kier alpha value is -1.74. The van der Waals surface area contributed by atoms with Crippen LogP contribution in [-0.2, 0) is 6.61 Å². The van der Waals surface area contributed by atoms with Gasteiger partial charge < -0.3 is 9.84 Å². The van der Waals surface area contributed by atoms with Crippen molar-refractivity contribution in [2.24, 2.45) is 0 Å². The van der Waals surface area contributed by atoms with Crippen LogP contribution in [0, 0.1) is 5.82 Å². The highest BCUT2D eigenvalue weighted by Gasteiger charge is 2.03. The number of rotatable bonds is 3. The molecular weight excluding hydrogens is 243 g/mol. The lowest BCUT2D eigenvalue weighted by Gasteiger charge is -2.08. The molecule has 4 heteroatoms. The molecule has 0 bridgehead atoms. The minimum Gasteiger partial charge on any atom is -0.508 e. The summed E-state index contributed by atoms with van der Waals surface area (Å²) < 4.78 is 18.3. The maximum absolute atomic E-state index is 12.9. The average molecular weight is 253 g/mol. The fraction of sp³-hybridized carbons (Fsp3) is 0.0769. The predicted molar refractivity (Wildman–Crippen MR) is 63.8 cm³/mol. The Kier molecular flexibility index (Phi) is 3.49. The summed E-state index contributed by atoms with van der Waals surface area (Å²) >= 11 is 5.87. The number of hydrogen-bond acceptors (Lipinski definition) is 2. The van der Waals surface area contributed by atoms with E-state index in [1.54, 1.807) is 18.2 Å². The maximum Gasteiger partial charge on any atom is 0.138 e. The largest absolute Gasteiger partial charge is 0.508 e. The third-order valence-corrected chi connectivity index (χ3v) is 2.49. The quantitative estimate of drug-likeness (QED) is 0.901. The molecule has 0 saturated heterocycles. The highest BCUT2D eigenvalue weighted by Crippen LogP contribution is 2.28. The Morgan fingerprint density at radius 3 is 2.71 bits per heavy atom. The Morgan fingerprint density at radius 1 is 1.18 bits per heavy atom. The summed E-state index contributed by atoms with van der Waals surface area (Å²) in [7, 11) is 0. The van der Waals surface area contributed by atoms with Crippen molar-refractivity contribution < 1.29 is 14.2 Å². The molecule has 0 heterocycles. The van der Waals surface area contributed by atoms with Gasteiger partial charge >= 0.3 is 0 Å². The van der Waals surface area contributed by atoms with Gasteiger partial charge in [0, 0.05) is 6.07 Å². The van der Waals surface area contributed by atoms with Crippen LogP contribution >= 0.6 is 11.6 Å². The molecule has 0 aliphatic heterocycles. The number of aromatic hydroxyl groups is 1. The lowest BCUT2D eigenvalue weighted by molar-refractivity contribution is 0.305. The van der Waals surface area contributed by atoms with Gasteiger partial charge in [-0.1, -0.05) is 23.7 Å². The molecule has 0 atom stereocenters. The summed E-state index contributed by atoms with van der Waals surface area (Å²) in [6.07, 6.45) is 0. The molecule has 0 radical (unpaired) electrons. The molecule has 0 fully saturated rings. The van der Waals surface area contributed by atoms with E-state index in [2.05, 4.69) is 0 Å². The minimum atomic E-state index is -0.303. The van der Waals surface area contributed by atoms with Crippen LogP contribution in [0.5, 0.6) is 11.5 Å². The third-order valence-electron chi connectivity index (χ3n) is 2.20. The molecule has 0 amide bonds. The number of phenols is 1. The van der Waals surface area contributed by atoms with Crippen molar-refractivity contribution in [3.05, 3.63) is 58.9 Å². The number of hydrogen-bond donors (Lipinski definition) is 1. The van der Waals surface area contributed by atoms with Gasteiger partial charge in [-0.15, -0.1) is 0 Å². The number of halogens is 2. The smallest absolute Gasteiger partial charge is 0.138 e. The highest BCUT2D eigenvalue weighted by atomic mass is 35.5. The Labute approximate surface area is 103 Å². The Balaban J connectivity index is 2.07. The summed E-state index contributed by atoms with van der Waals surface area (Å²) in [4.78, 5) is 0. The molecule has 0 unspecified atom stereocenters. The fourth-order valence-corrected chi connectivity index (χ4v) is 1.62. The Morgan fingerprint density at radius 2 is 2.00 bits per heavy atom. The van der Waals surface area contributed by atoms with E-state index in [1.807, 2.05) is 0 Å². The monoisotopic (exact) mass is 252 g/mol. The summed E-state index contributed by atoms with van der Waals surface area (Å²) in [6, 6.07) is 10.6. The molecule has 88 valence electrons. The van der Waals surface area contributed by atoms with Gasteiger partial charge in [-0.25, -0.2) is 4.39 Å². The fourth-order valence-electron chi connectivity index (χ4n) is 1.39. The first kappa shape index (κ1) is 11.7. The van der Waals surface area contributed by atoms with Crippen molar-refractivity contribution in [3.8, 4) is 11.5 Å². The maximum atomic E-state index is 12.9. The van der Waals surface area contributed by atoms with Crippen molar-refractivity contribution in [3.63, 3.8) is 0 Å². The minimum absolute atomic E-state index is 0.0769. The van der Waals surface area contributed by atoms with E-state index in [9.17, 15) is 4.39 Å². The van der Waals surface area contributed by atoms with Crippen molar-refractivity contribution in [1.29, 1.82) is 0 Å². The van der Waals surface area contributed by atoms with Crippen LogP contribution in [0.4, 0.5) is 4.39 Å². The lowest BCUT2D eigenvalue weighted by Crippen LogP contribution is -1.96. The van der Waals surface area contributed by atoms with Gasteiger partial charge in [-0.2, -0.15) is 0 Å². The van der Waals surface area contributed by atoms with Crippen LogP contribution in [0.15, 0.2) is 42.5 Å². The second kappa shape index (κ2) is 5.06. The molecule has 1 N–H and O–H groups in total. The second-order valence-electron chi connectivity index (χ2n) is 3.53.